The van der Waals surface area contributed by atoms with Gasteiger partial charge in [0.25, 0.3) is 0 Å². The van der Waals surface area contributed by atoms with Crippen LogP contribution in [0.25, 0.3) is 0 Å². The SMILES string of the molecule is CNc1sc2c(c1C(C)CO)CC(C)CC2. The van der Waals surface area contributed by atoms with E-state index in [4.69, 9.17) is 0 Å². The molecule has 0 bridgehead atoms. The Morgan fingerprint density at radius 1 is 1.56 bits per heavy atom. The number of hydrogen-bond donors (Lipinski definition) is 2. The molecule has 0 aromatic carbocycles. The smallest absolute Gasteiger partial charge is 0.0921 e. The van der Waals surface area contributed by atoms with E-state index in [2.05, 4.69) is 19.2 Å². The van der Waals surface area contributed by atoms with Crippen molar-refractivity contribution in [3.05, 3.63) is 16.0 Å². The number of aliphatic hydroxyl groups excluding tert-OH is 1. The number of thiophene rings is 1. The summed E-state index contributed by atoms with van der Waals surface area (Å²) in [6.45, 7) is 4.68. The summed E-state index contributed by atoms with van der Waals surface area (Å²) in [6.07, 6.45) is 3.71. The van der Waals surface area contributed by atoms with Crippen LogP contribution >= 0.6 is 11.3 Å². The van der Waals surface area contributed by atoms with Crippen LogP contribution in [0.4, 0.5) is 5.00 Å². The summed E-state index contributed by atoms with van der Waals surface area (Å²) in [5, 5.41) is 13.9. The highest BCUT2D eigenvalue weighted by molar-refractivity contribution is 7.16. The summed E-state index contributed by atoms with van der Waals surface area (Å²) in [6, 6.07) is 0. The maximum atomic E-state index is 9.37. The average molecular weight is 239 g/mol. The van der Waals surface area contributed by atoms with Crippen molar-refractivity contribution in [3.63, 3.8) is 0 Å². The molecule has 2 unspecified atom stereocenters. The Hall–Kier alpha value is -0.540. The molecule has 0 radical (unpaired) electrons. The van der Waals surface area contributed by atoms with Gasteiger partial charge < -0.3 is 10.4 Å². The third-order valence-electron chi connectivity index (χ3n) is 3.54. The summed E-state index contributed by atoms with van der Waals surface area (Å²) >= 11 is 1.89. The summed E-state index contributed by atoms with van der Waals surface area (Å²) in [5.41, 5.74) is 2.89. The molecule has 0 aliphatic heterocycles. The van der Waals surface area contributed by atoms with Crippen LogP contribution in [-0.4, -0.2) is 18.8 Å². The Bertz CT molecular complexity index is 372. The van der Waals surface area contributed by atoms with Crippen LogP contribution in [0.2, 0.25) is 0 Å². The number of rotatable bonds is 3. The zero-order valence-electron chi connectivity index (χ0n) is 10.3. The van der Waals surface area contributed by atoms with E-state index >= 15 is 0 Å². The van der Waals surface area contributed by atoms with Crippen LogP contribution < -0.4 is 5.32 Å². The molecule has 0 spiro atoms. The molecule has 1 aliphatic carbocycles. The number of aryl methyl sites for hydroxylation is 1. The molecule has 16 heavy (non-hydrogen) atoms. The van der Waals surface area contributed by atoms with E-state index in [9.17, 15) is 5.11 Å². The lowest BCUT2D eigenvalue weighted by Crippen LogP contribution is -2.12. The topological polar surface area (TPSA) is 32.3 Å². The lowest BCUT2D eigenvalue weighted by Gasteiger charge is -2.21. The van der Waals surface area contributed by atoms with E-state index in [1.807, 2.05) is 18.4 Å². The van der Waals surface area contributed by atoms with Crippen LogP contribution in [-0.2, 0) is 12.8 Å². The fourth-order valence-electron chi connectivity index (χ4n) is 2.58. The third kappa shape index (κ3) is 1.98. The second kappa shape index (κ2) is 4.76. The summed E-state index contributed by atoms with van der Waals surface area (Å²) in [7, 11) is 1.98. The Morgan fingerprint density at radius 2 is 2.31 bits per heavy atom. The van der Waals surface area contributed by atoms with Gasteiger partial charge in [-0.05, 0) is 36.3 Å². The van der Waals surface area contributed by atoms with Gasteiger partial charge in [-0.2, -0.15) is 0 Å². The molecule has 0 saturated carbocycles. The first-order chi connectivity index (χ1) is 7.67. The van der Waals surface area contributed by atoms with E-state index in [0.29, 0.717) is 0 Å². The highest BCUT2D eigenvalue weighted by atomic mass is 32.1. The standard InChI is InChI=1S/C13H21NOS/c1-8-4-5-11-10(6-8)12(9(2)7-15)13(14-3)16-11/h8-9,14-15H,4-7H2,1-3H3. The van der Waals surface area contributed by atoms with Gasteiger partial charge in [-0.15, -0.1) is 11.3 Å². The van der Waals surface area contributed by atoms with Gasteiger partial charge in [0.05, 0.1) is 5.00 Å². The minimum atomic E-state index is 0.242. The number of nitrogens with one attached hydrogen (secondary N) is 1. The van der Waals surface area contributed by atoms with E-state index in [1.165, 1.54) is 40.3 Å². The molecule has 1 aliphatic rings. The molecule has 1 aromatic heterocycles. The van der Waals surface area contributed by atoms with Crippen molar-refractivity contribution < 1.29 is 5.11 Å². The molecule has 90 valence electrons. The molecule has 2 nitrogen and oxygen atoms in total. The van der Waals surface area contributed by atoms with Gasteiger partial charge in [-0.3, -0.25) is 0 Å². The monoisotopic (exact) mass is 239 g/mol. The second-order valence-corrected chi connectivity index (χ2v) is 6.03. The minimum Gasteiger partial charge on any atom is -0.396 e. The van der Waals surface area contributed by atoms with Crippen LogP contribution in [0, 0.1) is 5.92 Å². The van der Waals surface area contributed by atoms with Crippen molar-refractivity contribution in [1.82, 2.24) is 0 Å². The van der Waals surface area contributed by atoms with Gasteiger partial charge >= 0.3 is 0 Å². The molecule has 3 heteroatoms. The van der Waals surface area contributed by atoms with Crippen molar-refractivity contribution in [1.29, 1.82) is 0 Å². The van der Waals surface area contributed by atoms with Gasteiger partial charge in [0.2, 0.25) is 0 Å². The Balaban J connectivity index is 2.43. The highest BCUT2D eigenvalue weighted by Crippen LogP contribution is 2.42. The van der Waals surface area contributed by atoms with Crippen molar-refractivity contribution >= 4 is 16.3 Å². The lowest BCUT2D eigenvalue weighted by atomic mass is 9.85. The summed E-state index contributed by atoms with van der Waals surface area (Å²) in [4.78, 5) is 1.54. The Kier molecular flexibility index (Phi) is 3.55. The first-order valence-corrected chi connectivity index (χ1v) is 6.92. The normalized spacial score (nSPS) is 21.6. The van der Waals surface area contributed by atoms with Crippen molar-refractivity contribution in [2.75, 3.05) is 19.0 Å². The summed E-state index contributed by atoms with van der Waals surface area (Å²) < 4.78 is 0. The highest BCUT2D eigenvalue weighted by Gasteiger charge is 2.25. The maximum Gasteiger partial charge on any atom is 0.0921 e. The average Bonchev–Trinajstić information content (AvgIpc) is 2.65. The molecule has 0 fully saturated rings. The van der Waals surface area contributed by atoms with Gasteiger partial charge in [-0.1, -0.05) is 13.8 Å². The van der Waals surface area contributed by atoms with Crippen molar-refractivity contribution in [2.45, 2.75) is 39.0 Å². The first-order valence-electron chi connectivity index (χ1n) is 6.10. The number of fused-ring (bicyclic) bond motifs is 1. The van der Waals surface area contributed by atoms with Gasteiger partial charge in [-0.25, -0.2) is 0 Å². The van der Waals surface area contributed by atoms with E-state index < -0.39 is 0 Å². The van der Waals surface area contributed by atoms with Crippen LogP contribution in [0.1, 0.15) is 42.2 Å². The zero-order chi connectivity index (χ0) is 11.7. The molecule has 1 heterocycles. The van der Waals surface area contributed by atoms with Crippen LogP contribution in [0.5, 0.6) is 0 Å². The van der Waals surface area contributed by atoms with Gasteiger partial charge in [0.15, 0.2) is 0 Å². The van der Waals surface area contributed by atoms with Gasteiger partial charge in [0, 0.05) is 24.4 Å². The fourth-order valence-corrected chi connectivity index (χ4v) is 3.90. The van der Waals surface area contributed by atoms with E-state index in [0.717, 1.165) is 5.92 Å². The summed E-state index contributed by atoms with van der Waals surface area (Å²) in [5.74, 6) is 1.05. The van der Waals surface area contributed by atoms with Crippen molar-refractivity contribution in [3.8, 4) is 0 Å². The fraction of sp³-hybridized carbons (Fsp3) is 0.692. The minimum absolute atomic E-state index is 0.242. The lowest BCUT2D eigenvalue weighted by molar-refractivity contribution is 0.272. The second-order valence-electron chi connectivity index (χ2n) is 4.93. The Labute approximate surface area is 102 Å². The quantitative estimate of drug-likeness (QED) is 0.850. The molecule has 0 amide bonds. The Morgan fingerprint density at radius 3 is 2.94 bits per heavy atom. The van der Waals surface area contributed by atoms with Crippen molar-refractivity contribution in [2.24, 2.45) is 5.92 Å². The first kappa shape index (κ1) is 11.9. The molecular weight excluding hydrogens is 218 g/mol. The molecule has 2 rings (SSSR count). The van der Waals surface area contributed by atoms with E-state index in [-0.39, 0.29) is 12.5 Å². The molecule has 1 aromatic rings. The predicted octanol–water partition coefficient (Wildman–Crippen LogP) is 3.01. The van der Waals surface area contributed by atoms with E-state index in [1.54, 1.807) is 0 Å². The molecular formula is C13H21NOS. The number of anilines is 1. The molecule has 2 atom stereocenters. The third-order valence-corrected chi connectivity index (χ3v) is 4.87. The van der Waals surface area contributed by atoms with Crippen LogP contribution in [0.3, 0.4) is 0 Å². The number of aliphatic hydroxyl groups is 1. The number of hydrogen-bond acceptors (Lipinski definition) is 3. The zero-order valence-corrected chi connectivity index (χ0v) is 11.2. The van der Waals surface area contributed by atoms with Gasteiger partial charge in [0.1, 0.15) is 0 Å². The molecule has 2 N–H and O–H groups in total. The predicted molar refractivity (Wildman–Crippen MR) is 70.6 cm³/mol. The molecule has 0 saturated heterocycles. The largest absolute Gasteiger partial charge is 0.396 e. The van der Waals surface area contributed by atoms with Crippen LogP contribution in [0.15, 0.2) is 0 Å². The maximum absolute atomic E-state index is 9.37.